The summed E-state index contributed by atoms with van der Waals surface area (Å²) < 4.78 is 27.3. The molecule has 0 bridgehead atoms. The van der Waals surface area contributed by atoms with Crippen LogP contribution in [0.2, 0.25) is 0 Å². The molecule has 8 heteroatoms. The minimum atomic E-state index is -1.48. The molecule has 0 heterocycles. The van der Waals surface area contributed by atoms with E-state index in [1.807, 2.05) is 18.2 Å². The maximum absolute atomic E-state index is 12.8. The van der Waals surface area contributed by atoms with E-state index in [4.69, 9.17) is 9.47 Å². The molecule has 1 aliphatic rings. The second kappa shape index (κ2) is 12.7. The Morgan fingerprint density at radius 1 is 1.09 bits per heavy atom. The number of ether oxygens (including phenoxy) is 3. The highest BCUT2D eigenvalue weighted by atomic mass is 32.2. The summed E-state index contributed by atoms with van der Waals surface area (Å²) >= 11 is 0. The molecule has 0 aromatic heterocycles. The molecule has 2 atom stereocenters. The fourth-order valence-corrected chi connectivity index (χ4v) is 4.65. The van der Waals surface area contributed by atoms with Gasteiger partial charge in [0.1, 0.15) is 5.60 Å². The van der Waals surface area contributed by atoms with E-state index in [1.165, 1.54) is 19.4 Å². The van der Waals surface area contributed by atoms with Crippen LogP contribution in [-0.2, 0) is 31.5 Å². The molecule has 0 radical (unpaired) electrons. The van der Waals surface area contributed by atoms with Crippen molar-refractivity contribution in [3.63, 3.8) is 0 Å². The van der Waals surface area contributed by atoms with E-state index >= 15 is 0 Å². The molecule has 7 nitrogen and oxygen atoms in total. The van der Waals surface area contributed by atoms with Crippen LogP contribution in [0.3, 0.4) is 0 Å². The third-order valence-electron chi connectivity index (χ3n) is 5.75. The lowest BCUT2D eigenvalue weighted by atomic mass is 9.89. The highest BCUT2D eigenvalue weighted by Crippen LogP contribution is 2.37. The summed E-state index contributed by atoms with van der Waals surface area (Å²) in [6.45, 7) is 0. The van der Waals surface area contributed by atoms with Crippen molar-refractivity contribution in [3.8, 4) is 11.5 Å². The highest BCUT2D eigenvalue weighted by molar-refractivity contribution is 7.89. The van der Waals surface area contributed by atoms with E-state index < -0.39 is 16.4 Å². The van der Waals surface area contributed by atoms with Gasteiger partial charge in [0, 0.05) is 18.2 Å². The van der Waals surface area contributed by atoms with E-state index in [1.54, 1.807) is 20.3 Å². The zero-order valence-corrected chi connectivity index (χ0v) is 20.7. The largest absolute Gasteiger partial charge is 0.493 e. The van der Waals surface area contributed by atoms with Gasteiger partial charge in [0.05, 0.1) is 37.0 Å². The summed E-state index contributed by atoms with van der Waals surface area (Å²) in [4.78, 5) is 24.2. The van der Waals surface area contributed by atoms with Crippen LogP contribution in [-0.4, -0.2) is 54.3 Å². The zero-order valence-electron chi connectivity index (χ0n) is 19.8. The Hall–Kier alpha value is -2.45. The Balaban J connectivity index is 2.03. The van der Waals surface area contributed by atoms with Gasteiger partial charge in [-0.2, -0.15) is 0 Å². The second-order valence-corrected chi connectivity index (χ2v) is 9.40. The third kappa shape index (κ3) is 7.27. The number of benzene rings is 1. The average molecular weight is 479 g/mol. The zero-order chi connectivity index (χ0) is 24.4. The summed E-state index contributed by atoms with van der Waals surface area (Å²) in [7, 11) is 3.06. The van der Waals surface area contributed by atoms with Gasteiger partial charge >= 0.3 is 5.97 Å². The molecule has 0 saturated heterocycles. The molecule has 1 N–H and O–H groups in total. The van der Waals surface area contributed by atoms with Gasteiger partial charge in [0.15, 0.2) is 11.5 Å². The van der Waals surface area contributed by atoms with Crippen LogP contribution in [0.5, 0.6) is 11.5 Å². The molecule has 0 fully saturated rings. The lowest BCUT2D eigenvalue weighted by Crippen LogP contribution is -2.28. The van der Waals surface area contributed by atoms with Crippen LogP contribution >= 0.6 is 0 Å². The predicted molar refractivity (Wildman–Crippen MR) is 128 cm³/mol. The molecular weight excluding hydrogens is 444 g/mol. The first kappa shape index (κ1) is 26.8. The van der Waals surface area contributed by atoms with Crippen molar-refractivity contribution in [2.75, 3.05) is 27.6 Å². The number of unbranched alkanes of at least 4 members (excludes halogenated alkanes) is 3. The van der Waals surface area contributed by atoms with Crippen molar-refractivity contribution in [2.45, 2.75) is 57.0 Å². The summed E-state index contributed by atoms with van der Waals surface area (Å²) in [6, 6.07) is 5.68. The van der Waals surface area contributed by atoms with Gasteiger partial charge < -0.3 is 19.3 Å². The van der Waals surface area contributed by atoms with Crippen LogP contribution in [0.4, 0.5) is 0 Å². The fourth-order valence-electron chi connectivity index (χ4n) is 3.92. The topological polar surface area (TPSA) is 99.1 Å². The molecule has 1 aromatic rings. The Morgan fingerprint density at radius 2 is 1.82 bits per heavy atom. The maximum atomic E-state index is 12.8. The summed E-state index contributed by atoms with van der Waals surface area (Å²) in [6.07, 6.45) is 9.56. The van der Waals surface area contributed by atoms with Crippen LogP contribution in [0, 0.1) is 0 Å². The quantitative estimate of drug-likeness (QED) is 0.262. The van der Waals surface area contributed by atoms with Gasteiger partial charge in [-0.15, -0.1) is 0 Å². The Kier molecular flexibility index (Phi) is 10.3. The number of aliphatic hydroxyl groups is 1. The number of esters is 1. The molecular formula is C25H34O7S. The molecule has 0 saturated carbocycles. The monoisotopic (exact) mass is 478 g/mol. The van der Waals surface area contributed by atoms with E-state index in [-0.39, 0.29) is 16.7 Å². The molecule has 2 rings (SSSR count). The van der Waals surface area contributed by atoms with Gasteiger partial charge in [0.25, 0.3) is 0 Å². The number of aryl methyl sites for hydroxylation is 1. The number of carbonyl (C=O) groups excluding carboxylic acids is 2. The predicted octanol–water partition coefficient (Wildman–Crippen LogP) is 3.65. The highest BCUT2D eigenvalue weighted by Gasteiger charge is 2.42. The first-order valence-corrected chi connectivity index (χ1v) is 12.6. The third-order valence-corrected chi connectivity index (χ3v) is 6.67. The van der Waals surface area contributed by atoms with E-state index in [0.29, 0.717) is 55.6 Å². The van der Waals surface area contributed by atoms with Gasteiger partial charge in [0.2, 0.25) is 5.78 Å². The Labute approximate surface area is 198 Å². The summed E-state index contributed by atoms with van der Waals surface area (Å²) in [5.74, 6) is 0.707. The normalized spacial score (nSPS) is 20.0. The lowest BCUT2D eigenvalue weighted by Gasteiger charge is -2.22. The number of rotatable bonds is 13. The molecule has 1 aliphatic carbocycles. The van der Waals surface area contributed by atoms with E-state index in [2.05, 4.69) is 4.74 Å². The number of methoxy groups -OCH3 is 3. The van der Waals surface area contributed by atoms with Crippen LogP contribution in [0.1, 0.15) is 50.5 Å². The van der Waals surface area contributed by atoms with Crippen LogP contribution in [0.25, 0.3) is 0 Å². The number of hydrogen-bond donors (Lipinski definition) is 1. The first-order chi connectivity index (χ1) is 15.8. The fraction of sp³-hybridized carbons (Fsp3) is 0.520. The van der Waals surface area contributed by atoms with E-state index in [9.17, 15) is 18.9 Å². The Bertz CT molecular complexity index is 935. The maximum Gasteiger partial charge on any atom is 0.305 e. The van der Waals surface area contributed by atoms with E-state index in [0.717, 1.165) is 18.4 Å². The number of Topliss-reactive ketones (excluding diaryl/α,β-unsaturated/α-hetero) is 1. The number of hydrogen-bond acceptors (Lipinski definition) is 7. The van der Waals surface area contributed by atoms with Gasteiger partial charge in [-0.25, -0.2) is 0 Å². The Morgan fingerprint density at radius 3 is 2.45 bits per heavy atom. The van der Waals surface area contributed by atoms with Crippen molar-refractivity contribution in [1.82, 2.24) is 0 Å². The van der Waals surface area contributed by atoms with Crippen molar-refractivity contribution in [2.24, 2.45) is 0 Å². The van der Waals surface area contributed by atoms with Crippen molar-refractivity contribution in [1.29, 1.82) is 0 Å². The molecule has 0 aliphatic heterocycles. The minimum Gasteiger partial charge on any atom is -0.493 e. The van der Waals surface area contributed by atoms with Crippen molar-refractivity contribution in [3.05, 3.63) is 46.4 Å². The van der Waals surface area contributed by atoms with Crippen molar-refractivity contribution >= 4 is 22.6 Å². The molecule has 33 heavy (non-hydrogen) atoms. The lowest BCUT2D eigenvalue weighted by molar-refractivity contribution is -0.140. The smallest absolute Gasteiger partial charge is 0.305 e. The molecule has 182 valence electrons. The molecule has 0 spiro atoms. The first-order valence-electron chi connectivity index (χ1n) is 11.1. The van der Waals surface area contributed by atoms with Gasteiger partial charge in [-0.05, 0) is 62.3 Å². The SMILES string of the molecule is COC(=O)CCCCCC=C1C(=O)C(S(C)=O)=CC1(O)CCCc1ccc(OC)c(OC)c1. The van der Waals surface area contributed by atoms with Crippen molar-refractivity contribution < 1.29 is 33.1 Å². The summed E-state index contributed by atoms with van der Waals surface area (Å²) in [5, 5.41) is 11.3. The van der Waals surface area contributed by atoms with Crippen LogP contribution < -0.4 is 9.47 Å². The number of allylic oxidation sites excluding steroid dienone is 2. The molecule has 2 unspecified atom stereocenters. The van der Waals surface area contributed by atoms with Crippen LogP contribution in [0.15, 0.2) is 40.8 Å². The second-order valence-electron chi connectivity index (χ2n) is 8.05. The number of ketones is 1. The van der Waals surface area contributed by atoms with Gasteiger partial charge in [-0.1, -0.05) is 18.6 Å². The minimum absolute atomic E-state index is 0.153. The summed E-state index contributed by atoms with van der Waals surface area (Å²) in [5.41, 5.74) is -0.103. The number of carbonyl (C=O) groups is 2. The standard InChI is InChI=1S/C25H34O7S/c1-30-20-14-13-18(16-21(20)31-2)10-9-15-25(28)17-22(33(4)29)24(27)19(25)11-7-5-6-8-12-23(26)32-3/h11,13-14,16-17,28H,5-10,12,15H2,1-4H3. The molecule has 1 aromatic carbocycles. The van der Waals surface area contributed by atoms with Gasteiger partial charge in [-0.3, -0.25) is 13.8 Å². The average Bonchev–Trinajstić information content (AvgIpc) is 3.06. The molecule has 0 amide bonds.